The van der Waals surface area contributed by atoms with Crippen molar-refractivity contribution >= 4 is 78.3 Å². The van der Waals surface area contributed by atoms with Crippen molar-refractivity contribution in [2.75, 3.05) is 0 Å². The van der Waals surface area contributed by atoms with Crippen molar-refractivity contribution in [3.05, 3.63) is 67.0 Å². The van der Waals surface area contributed by atoms with Gasteiger partial charge in [0, 0.05) is 11.1 Å². The molecule has 0 spiro atoms. The Morgan fingerprint density at radius 1 is 0.533 bits per heavy atom. The smallest absolute Gasteiger partial charge is 2.00 e. The molecule has 6 nitrogen and oxygen atoms in total. The van der Waals surface area contributed by atoms with Crippen LogP contribution in [0.15, 0.2) is 60.2 Å². The fourth-order valence-corrected chi connectivity index (χ4v) is 6.41. The van der Waals surface area contributed by atoms with Crippen molar-refractivity contribution in [3.8, 4) is 0 Å². The molecule has 0 aliphatic carbocycles. The SMILES string of the molecule is CCC1=C(CC)C(/C=C2N=C(/C=c3\[n-]/c(=C\C4=NC(=O)C(CC)=C4CC)c(CC)c3CC)C(CC)=C\2CC)=NC1=O.I[I-]I.[Pd+2]. The molecule has 45 heavy (non-hydrogen) atoms. The normalized spacial score (nSPS) is 18.4. The molecule has 1 aromatic heterocycles. The Labute approximate surface area is 312 Å². The average Bonchev–Trinajstić information content (AvgIpc) is 3.71. The van der Waals surface area contributed by atoms with Gasteiger partial charge in [-0.05, 0) is 79.7 Å². The summed E-state index contributed by atoms with van der Waals surface area (Å²) in [6.45, 7) is 16.8. The summed E-state index contributed by atoms with van der Waals surface area (Å²) in [6.07, 6.45) is 12.4. The first-order valence-corrected chi connectivity index (χ1v) is 28.3. The second kappa shape index (κ2) is 19.2. The fraction of sp³-hybridized carbons (Fsp3) is 0.457. The van der Waals surface area contributed by atoms with E-state index < -0.39 is 0 Å². The first-order chi connectivity index (χ1) is 21.2. The van der Waals surface area contributed by atoms with Crippen LogP contribution in [0.5, 0.6) is 0 Å². The summed E-state index contributed by atoms with van der Waals surface area (Å²) >= 11 is 5.30. The maximum absolute atomic E-state index is 12.5. The van der Waals surface area contributed by atoms with E-state index in [0.29, 0.717) is 26.1 Å². The van der Waals surface area contributed by atoms with Gasteiger partial charge in [-0.2, -0.15) is 0 Å². The van der Waals surface area contributed by atoms with Crippen molar-refractivity contribution in [2.45, 2.75) is 107 Å². The number of amides is 2. The van der Waals surface area contributed by atoms with Gasteiger partial charge in [-0.25, -0.2) is 15.0 Å². The molecule has 0 N–H and O–H groups in total. The molecule has 0 unspecified atom stereocenters. The third-order valence-electron chi connectivity index (χ3n) is 8.40. The monoisotopic (exact) mass is 1040 g/mol. The van der Waals surface area contributed by atoms with E-state index >= 15 is 0 Å². The average molecular weight is 1040 g/mol. The topological polar surface area (TPSA) is 85.3 Å². The summed E-state index contributed by atoms with van der Waals surface area (Å²) in [5, 5.41) is 1.82. The maximum atomic E-state index is 12.5. The Morgan fingerprint density at radius 2 is 0.867 bits per heavy atom. The van der Waals surface area contributed by atoms with Crippen LogP contribution in [0, 0.1) is 0 Å². The van der Waals surface area contributed by atoms with E-state index in [-0.39, 0.29) is 32.2 Å². The minimum Gasteiger partial charge on any atom is 2.00 e. The van der Waals surface area contributed by atoms with Crippen LogP contribution in [0.2, 0.25) is 0 Å². The Kier molecular flexibility index (Phi) is 17.3. The van der Waals surface area contributed by atoms with Gasteiger partial charge in [0.1, 0.15) is 0 Å². The summed E-state index contributed by atoms with van der Waals surface area (Å²) in [6, 6.07) is 0. The molecule has 0 saturated carbocycles. The number of rotatable bonds is 11. The fourth-order valence-electron chi connectivity index (χ4n) is 6.41. The van der Waals surface area contributed by atoms with E-state index in [1.807, 2.05) is 26.0 Å². The van der Waals surface area contributed by atoms with Crippen molar-refractivity contribution in [1.82, 2.24) is 4.98 Å². The van der Waals surface area contributed by atoms with E-state index in [1.165, 1.54) is 22.3 Å². The van der Waals surface area contributed by atoms with Crippen LogP contribution < -0.4 is 28.9 Å². The van der Waals surface area contributed by atoms with Gasteiger partial charge in [-0.3, -0.25) is 9.59 Å². The van der Waals surface area contributed by atoms with E-state index in [2.05, 4.69) is 94.8 Å². The van der Waals surface area contributed by atoms with Gasteiger partial charge in [-0.1, -0.05) is 78.7 Å². The van der Waals surface area contributed by atoms with Crippen molar-refractivity contribution < 1.29 is 43.3 Å². The van der Waals surface area contributed by atoms with Gasteiger partial charge in [0.15, 0.2) is 0 Å². The molecule has 3 aliphatic rings. The van der Waals surface area contributed by atoms with Crippen molar-refractivity contribution in [1.29, 1.82) is 0 Å². The summed E-state index contributed by atoms with van der Waals surface area (Å²) in [7, 11) is 0. The van der Waals surface area contributed by atoms with Gasteiger partial charge in [0.25, 0.3) is 11.8 Å². The van der Waals surface area contributed by atoms with Crippen LogP contribution in [-0.2, 0) is 42.9 Å². The summed E-state index contributed by atoms with van der Waals surface area (Å²) in [5.74, 6) is -0.235. The summed E-state index contributed by atoms with van der Waals surface area (Å²) < 4.78 is 0. The number of nitrogens with zero attached hydrogens (tertiary/aromatic N) is 4. The molecule has 0 saturated heterocycles. The zero-order valence-corrected chi connectivity index (χ0v) is 35.5. The van der Waals surface area contributed by atoms with E-state index in [4.69, 9.17) is 9.98 Å². The molecular weight excluding hydrogens is 996 g/mol. The Balaban J connectivity index is 0.00000169. The second-order valence-electron chi connectivity index (χ2n) is 10.5. The molecule has 4 heterocycles. The Hall–Kier alpha value is -0.818. The molecule has 0 radical (unpaired) electrons. The third kappa shape index (κ3) is 8.81. The first kappa shape index (κ1) is 40.4. The minimum atomic E-state index is -0.118. The predicted molar refractivity (Wildman–Crippen MR) is 198 cm³/mol. The summed E-state index contributed by atoms with van der Waals surface area (Å²) in [5.41, 5.74) is 11.8. The quantitative estimate of drug-likeness (QED) is 0.237. The molecule has 3 aliphatic heterocycles. The molecule has 0 aromatic carbocycles. The molecular formula is C35H43I3N4O2Pd. The Morgan fingerprint density at radius 3 is 1.22 bits per heavy atom. The molecule has 0 atom stereocenters. The number of hydrogen-bond donors (Lipinski definition) is 0. The number of hydrogen-bond acceptors (Lipinski definition) is 3. The molecule has 10 heteroatoms. The third-order valence-corrected chi connectivity index (χ3v) is 8.40. The maximum Gasteiger partial charge on any atom is 2.00 e. The molecule has 0 fully saturated rings. The van der Waals surface area contributed by atoms with Crippen molar-refractivity contribution in [3.63, 3.8) is 0 Å². The van der Waals surface area contributed by atoms with Gasteiger partial charge in [0.05, 0.1) is 22.8 Å². The van der Waals surface area contributed by atoms with Crippen LogP contribution in [-0.4, -0.2) is 28.9 Å². The number of carbonyl (C=O) groups is 2. The number of aliphatic imine (C=N–C) groups is 3. The Bertz CT molecular complexity index is 1670. The molecule has 0 bridgehead atoms. The van der Waals surface area contributed by atoms with Gasteiger partial charge >= 0.3 is 70.9 Å². The second-order valence-corrected chi connectivity index (χ2v) is 26.8. The first-order valence-electron chi connectivity index (χ1n) is 15.7. The minimum absolute atomic E-state index is 0. The molecule has 2 amide bonds. The zero-order valence-electron chi connectivity index (χ0n) is 27.4. The number of aromatic nitrogens is 1. The standard InChI is InChI=1S/C35H44N4O2.I3.Pd/c1-9-20-22(11-3)30(18-32-24(13-5)26(15-7)34(40)38-32)36-28(20)17-29-21(10-2)23(12-4)31(37-29)19-33-25(14-6)27(16-8)35(41)39-33;1-3-2;/h17-19H,9-16H2,1-8H3,(H,36,37,38,39,40,41);;/q;-1;+2/p-1. The van der Waals surface area contributed by atoms with Crippen LogP contribution in [0.3, 0.4) is 0 Å². The van der Waals surface area contributed by atoms with Gasteiger partial charge < -0.3 is 4.98 Å². The zero-order chi connectivity index (χ0) is 32.6. The molecule has 246 valence electrons. The number of carbonyl (C=O) groups excluding carboxylic acids is 2. The van der Waals surface area contributed by atoms with E-state index in [0.717, 1.165) is 94.3 Å². The molecule has 4 rings (SSSR count). The van der Waals surface area contributed by atoms with E-state index in [9.17, 15) is 9.59 Å². The van der Waals surface area contributed by atoms with Crippen LogP contribution in [0.4, 0.5) is 0 Å². The van der Waals surface area contributed by atoms with Crippen LogP contribution in [0.1, 0.15) is 105 Å². The van der Waals surface area contributed by atoms with E-state index in [1.54, 1.807) is 0 Å². The summed E-state index contributed by atoms with van der Waals surface area (Å²) in [4.78, 5) is 44.0. The van der Waals surface area contributed by atoms with Gasteiger partial charge in [-0.15, -0.1) is 10.7 Å². The molecule has 1 aromatic rings. The van der Waals surface area contributed by atoms with Crippen LogP contribution >= 0.6 is 37.2 Å². The number of halogens is 3. The number of allylic oxidation sites excluding steroid dienone is 5. The van der Waals surface area contributed by atoms with Gasteiger partial charge in [0.2, 0.25) is 0 Å². The van der Waals surface area contributed by atoms with Crippen LogP contribution in [0.25, 0.3) is 12.2 Å². The predicted octanol–water partition coefficient (Wildman–Crippen LogP) is 4.75. The van der Waals surface area contributed by atoms with Crippen molar-refractivity contribution in [2.24, 2.45) is 15.0 Å². The largest absolute Gasteiger partial charge is 2.00 e.